The van der Waals surface area contributed by atoms with Crippen LogP contribution in [0.5, 0.6) is 5.75 Å². The number of methoxy groups -OCH3 is 1. The van der Waals surface area contributed by atoms with Crippen molar-refractivity contribution in [3.05, 3.63) is 35.3 Å². The molecule has 1 amide bonds. The Labute approximate surface area is 159 Å². The summed E-state index contributed by atoms with van der Waals surface area (Å²) >= 11 is 1.59. The van der Waals surface area contributed by atoms with Crippen molar-refractivity contribution in [2.24, 2.45) is 0 Å². The van der Waals surface area contributed by atoms with Crippen LogP contribution in [0.25, 0.3) is 10.6 Å². The third-order valence-corrected chi connectivity index (χ3v) is 6.01. The number of para-hydroxylation sites is 1. The van der Waals surface area contributed by atoms with Gasteiger partial charge >= 0.3 is 0 Å². The normalized spacial score (nSPS) is 17.8. The molecule has 1 aromatic carbocycles. The van der Waals surface area contributed by atoms with E-state index in [2.05, 4.69) is 22.2 Å². The second-order valence-corrected chi connectivity index (χ2v) is 7.89. The molecule has 1 saturated heterocycles. The molecule has 3 rings (SSSR count). The van der Waals surface area contributed by atoms with Crippen molar-refractivity contribution in [2.75, 3.05) is 20.7 Å². The fourth-order valence-corrected chi connectivity index (χ4v) is 4.30. The predicted octanol–water partition coefficient (Wildman–Crippen LogP) is 3.70. The molecule has 0 spiro atoms. The van der Waals surface area contributed by atoms with Gasteiger partial charge in [0, 0.05) is 23.5 Å². The van der Waals surface area contributed by atoms with Crippen molar-refractivity contribution in [3.63, 3.8) is 0 Å². The molecule has 0 saturated carbocycles. The molecule has 0 radical (unpaired) electrons. The van der Waals surface area contributed by atoms with Crippen molar-refractivity contribution < 1.29 is 9.53 Å². The molecule has 1 atom stereocenters. The minimum atomic E-state index is 0.121. The number of ether oxygens (including phenoxy) is 1. The highest BCUT2D eigenvalue weighted by Crippen LogP contribution is 2.32. The summed E-state index contributed by atoms with van der Waals surface area (Å²) in [7, 11) is 3.83. The highest BCUT2D eigenvalue weighted by Gasteiger charge is 2.19. The zero-order valence-electron chi connectivity index (χ0n) is 15.5. The molecule has 2 aromatic rings. The van der Waals surface area contributed by atoms with Gasteiger partial charge in [-0.05, 0) is 45.0 Å². The Morgan fingerprint density at radius 3 is 3.04 bits per heavy atom. The zero-order valence-corrected chi connectivity index (χ0v) is 16.3. The smallest absolute Gasteiger partial charge is 0.220 e. The molecule has 5 nitrogen and oxygen atoms in total. The summed E-state index contributed by atoms with van der Waals surface area (Å²) in [4.78, 5) is 20.1. The number of nitrogens with zero attached hydrogens (tertiary/aromatic N) is 2. The second kappa shape index (κ2) is 9.14. The van der Waals surface area contributed by atoms with Crippen molar-refractivity contribution in [2.45, 2.75) is 44.7 Å². The third-order valence-electron chi connectivity index (χ3n) is 4.98. The average molecular weight is 374 g/mol. The Balaban J connectivity index is 1.49. The first-order chi connectivity index (χ1) is 12.7. The lowest BCUT2D eigenvalue weighted by Crippen LogP contribution is -2.37. The molecular formula is C20H27N3O2S. The first-order valence-corrected chi connectivity index (χ1v) is 10.0. The maximum atomic E-state index is 12.2. The van der Waals surface area contributed by atoms with E-state index in [4.69, 9.17) is 4.74 Å². The maximum absolute atomic E-state index is 12.2. The summed E-state index contributed by atoms with van der Waals surface area (Å²) < 4.78 is 5.40. The highest BCUT2D eigenvalue weighted by atomic mass is 32.1. The standard InChI is InChI=1S/C20H27N3O2S/c1-23-12-6-5-7-15(23)10-11-19(24)21-13-16-14-22-20(26-16)17-8-3-4-9-18(17)25-2/h3-4,8-9,14-15H,5-7,10-13H2,1-2H3,(H,21,24)/t15-/m0/s1. The van der Waals surface area contributed by atoms with Gasteiger partial charge in [-0.1, -0.05) is 18.6 Å². The SMILES string of the molecule is COc1ccccc1-c1ncc(CNC(=O)CC[C@@H]2CCCCN2C)s1. The first kappa shape index (κ1) is 18.9. The number of nitrogens with one attached hydrogen (secondary N) is 1. The van der Waals surface area contributed by atoms with Crippen molar-refractivity contribution >= 4 is 17.2 Å². The van der Waals surface area contributed by atoms with Gasteiger partial charge in [0.1, 0.15) is 10.8 Å². The van der Waals surface area contributed by atoms with Gasteiger partial charge < -0.3 is 15.0 Å². The van der Waals surface area contributed by atoms with Crippen molar-refractivity contribution in [1.82, 2.24) is 15.2 Å². The summed E-state index contributed by atoms with van der Waals surface area (Å²) in [5.74, 6) is 0.935. The number of rotatable bonds is 7. The molecule has 2 heterocycles. The maximum Gasteiger partial charge on any atom is 0.220 e. The van der Waals surface area contributed by atoms with E-state index in [-0.39, 0.29) is 5.91 Å². The third kappa shape index (κ3) is 4.83. The number of aromatic nitrogens is 1. The molecule has 140 valence electrons. The van der Waals surface area contributed by atoms with Gasteiger partial charge in [-0.2, -0.15) is 0 Å². The van der Waals surface area contributed by atoms with Crippen LogP contribution in [0.2, 0.25) is 0 Å². The molecule has 0 bridgehead atoms. The Bertz CT molecular complexity index is 731. The van der Waals surface area contributed by atoms with Crippen LogP contribution >= 0.6 is 11.3 Å². The fourth-order valence-electron chi connectivity index (χ4n) is 3.42. The summed E-state index contributed by atoms with van der Waals surface area (Å²) in [5, 5.41) is 3.94. The van der Waals surface area contributed by atoms with Crippen LogP contribution in [0.15, 0.2) is 30.5 Å². The van der Waals surface area contributed by atoms with E-state index in [1.807, 2.05) is 30.5 Å². The monoisotopic (exact) mass is 373 g/mol. The van der Waals surface area contributed by atoms with Gasteiger partial charge in [0.15, 0.2) is 0 Å². The van der Waals surface area contributed by atoms with E-state index in [0.29, 0.717) is 19.0 Å². The number of hydrogen-bond donors (Lipinski definition) is 1. The van der Waals surface area contributed by atoms with E-state index in [1.54, 1.807) is 18.4 Å². The topological polar surface area (TPSA) is 54.5 Å². The molecule has 1 fully saturated rings. The summed E-state index contributed by atoms with van der Waals surface area (Å²) in [6.07, 6.45) is 7.13. The van der Waals surface area contributed by atoms with E-state index in [0.717, 1.165) is 34.2 Å². The summed E-state index contributed by atoms with van der Waals surface area (Å²) in [6, 6.07) is 8.40. The Hall–Kier alpha value is -1.92. The average Bonchev–Trinajstić information content (AvgIpc) is 3.14. The predicted molar refractivity (Wildman–Crippen MR) is 105 cm³/mol. The van der Waals surface area contributed by atoms with E-state index >= 15 is 0 Å². The van der Waals surface area contributed by atoms with Gasteiger partial charge in [-0.3, -0.25) is 4.79 Å². The van der Waals surface area contributed by atoms with Gasteiger partial charge in [0.05, 0.1) is 19.2 Å². The summed E-state index contributed by atoms with van der Waals surface area (Å²) in [5.41, 5.74) is 0.984. The molecular weight excluding hydrogens is 346 g/mol. The molecule has 1 aromatic heterocycles. The first-order valence-electron chi connectivity index (χ1n) is 9.22. The Morgan fingerprint density at radius 1 is 1.38 bits per heavy atom. The molecule has 1 aliphatic rings. The number of hydrogen-bond acceptors (Lipinski definition) is 5. The van der Waals surface area contributed by atoms with Crippen LogP contribution in [-0.2, 0) is 11.3 Å². The number of carbonyl (C=O) groups is 1. The molecule has 6 heteroatoms. The van der Waals surface area contributed by atoms with Crippen molar-refractivity contribution in [3.8, 4) is 16.3 Å². The van der Waals surface area contributed by atoms with E-state index in [9.17, 15) is 4.79 Å². The number of benzene rings is 1. The lowest BCUT2D eigenvalue weighted by molar-refractivity contribution is -0.121. The Morgan fingerprint density at radius 2 is 2.23 bits per heavy atom. The van der Waals surface area contributed by atoms with Gasteiger partial charge in [-0.15, -0.1) is 11.3 Å². The van der Waals surface area contributed by atoms with Gasteiger partial charge in [-0.25, -0.2) is 4.98 Å². The van der Waals surface area contributed by atoms with Crippen LogP contribution in [0.4, 0.5) is 0 Å². The van der Waals surface area contributed by atoms with E-state index < -0.39 is 0 Å². The molecule has 1 N–H and O–H groups in total. The Kier molecular flexibility index (Phi) is 6.63. The summed E-state index contributed by atoms with van der Waals surface area (Å²) in [6.45, 7) is 1.69. The van der Waals surface area contributed by atoms with Crippen molar-refractivity contribution in [1.29, 1.82) is 0 Å². The minimum Gasteiger partial charge on any atom is -0.496 e. The quantitative estimate of drug-likeness (QED) is 0.804. The molecule has 1 aliphatic heterocycles. The number of amides is 1. The molecule has 0 unspecified atom stereocenters. The molecule has 0 aliphatic carbocycles. The lowest BCUT2D eigenvalue weighted by Gasteiger charge is -2.32. The van der Waals surface area contributed by atoms with Crippen LogP contribution in [-0.4, -0.2) is 42.5 Å². The molecule has 26 heavy (non-hydrogen) atoms. The minimum absolute atomic E-state index is 0.121. The van der Waals surface area contributed by atoms with Gasteiger partial charge in [0.2, 0.25) is 5.91 Å². The fraction of sp³-hybridized carbons (Fsp3) is 0.500. The van der Waals surface area contributed by atoms with Crippen LogP contribution in [0, 0.1) is 0 Å². The largest absolute Gasteiger partial charge is 0.496 e. The van der Waals surface area contributed by atoms with Crippen LogP contribution in [0.3, 0.4) is 0 Å². The second-order valence-electron chi connectivity index (χ2n) is 6.78. The number of piperidine rings is 1. The van der Waals surface area contributed by atoms with Crippen LogP contribution < -0.4 is 10.1 Å². The van der Waals surface area contributed by atoms with Crippen LogP contribution in [0.1, 0.15) is 37.0 Å². The van der Waals surface area contributed by atoms with Gasteiger partial charge in [0.25, 0.3) is 0 Å². The lowest BCUT2D eigenvalue weighted by atomic mass is 9.98. The van der Waals surface area contributed by atoms with E-state index in [1.165, 1.54) is 19.3 Å². The zero-order chi connectivity index (χ0) is 18.4. The number of thiazole rings is 1. The number of carbonyl (C=O) groups excluding carboxylic acids is 1. The number of likely N-dealkylation sites (tertiary alicyclic amines) is 1. The highest BCUT2D eigenvalue weighted by molar-refractivity contribution is 7.15.